The van der Waals surface area contributed by atoms with Gasteiger partial charge in [-0.25, -0.2) is 10.0 Å². The molecule has 37 heavy (non-hydrogen) atoms. The first-order valence-corrected chi connectivity index (χ1v) is 12.9. The first-order chi connectivity index (χ1) is 18.1. The van der Waals surface area contributed by atoms with E-state index in [0.717, 1.165) is 71.7 Å². The Labute approximate surface area is 215 Å². The summed E-state index contributed by atoms with van der Waals surface area (Å²) in [6.45, 7) is 5.79. The summed E-state index contributed by atoms with van der Waals surface area (Å²) in [6.07, 6.45) is 9.53. The van der Waals surface area contributed by atoms with Crippen LogP contribution in [-0.4, -0.2) is 51.8 Å². The SMILES string of the molecule is CCN1CCC2(CC1)C(=O)Nc1ccc(C3=CC=C4N(Cc5ccc6ncccc6c5)N=CN4N3)cc12. The molecule has 2 N–H and O–H groups in total. The average Bonchev–Trinajstić information content (AvgIpc) is 3.46. The fourth-order valence-corrected chi connectivity index (χ4v) is 5.94. The number of hydrogen-bond donors (Lipinski definition) is 2. The number of pyridine rings is 1. The highest BCUT2D eigenvalue weighted by Gasteiger charge is 2.48. The summed E-state index contributed by atoms with van der Waals surface area (Å²) >= 11 is 0. The van der Waals surface area contributed by atoms with Gasteiger partial charge in [-0.3, -0.25) is 15.2 Å². The van der Waals surface area contributed by atoms with Gasteiger partial charge in [0, 0.05) is 17.3 Å². The third-order valence-corrected chi connectivity index (χ3v) is 8.14. The highest BCUT2D eigenvalue weighted by atomic mass is 16.2. The molecule has 0 atom stereocenters. The van der Waals surface area contributed by atoms with Crippen LogP contribution in [0.5, 0.6) is 0 Å². The molecular formula is C29H29N7O. The van der Waals surface area contributed by atoms with Crippen LogP contribution in [0.2, 0.25) is 0 Å². The number of likely N-dealkylation sites (tertiary alicyclic amines) is 1. The van der Waals surface area contributed by atoms with Gasteiger partial charge in [0.25, 0.3) is 0 Å². The highest BCUT2D eigenvalue weighted by Crippen LogP contribution is 2.46. The lowest BCUT2D eigenvalue weighted by molar-refractivity contribution is -0.122. The number of benzene rings is 2. The van der Waals surface area contributed by atoms with Crippen LogP contribution in [0.25, 0.3) is 16.6 Å². The summed E-state index contributed by atoms with van der Waals surface area (Å²) in [5.74, 6) is 1.12. The van der Waals surface area contributed by atoms with Crippen LogP contribution in [0, 0.1) is 0 Å². The third-order valence-electron chi connectivity index (χ3n) is 8.14. The number of piperidine rings is 1. The molecule has 0 radical (unpaired) electrons. The fraction of sp³-hybridized carbons (Fsp3) is 0.276. The first-order valence-electron chi connectivity index (χ1n) is 12.9. The predicted octanol–water partition coefficient (Wildman–Crippen LogP) is 4.00. The van der Waals surface area contributed by atoms with Gasteiger partial charge in [-0.15, -0.1) is 0 Å². The minimum Gasteiger partial charge on any atom is -0.325 e. The lowest BCUT2D eigenvalue weighted by atomic mass is 9.73. The number of allylic oxidation sites excluding steroid dienone is 2. The van der Waals surface area contributed by atoms with Crippen molar-refractivity contribution in [3.05, 3.63) is 89.4 Å². The molecule has 8 heteroatoms. The van der Waals surface area contributed by atoms with Crippen LogP contribution in [0.3, 0.4) is 0 Å². The third kappa shape index (κ3) is 3.59. The molecule has 0 bridgehead atoms. The number of rotatable bonds is 4. The largest absolute Gasteiger partial charge is 0.325 e. The van der Waals surface area contributed by atoms with E-state index in [0.29, 0.717) is 6.54 Å². The van der Waals surface area contributed by atoms with Gasteiger partial charge in [0.2, 0.25) is 5.91 Å². The van der Waals surface area contributed by atoms with E-state index in [1.54, 1.807) is 0 Å². The molecule has 1 saturated heterocycles. The van der Waals surface area contributed by atoms with E-state index in [1.165, 1.54) is 5.56 Å². The Balaban J connectivity index is 1.14. The molecule has 1 aromatic heterocycles. The molecular weight excluding hydrogens is 462 g/mol. The summed E-state index contributed by atoms with van der Waals surface area (Å²) in [5, 5.41) is 12.8. The van der Waals surface area contributed by atoms with Crippen molar-refractivity contribution in [2.45, 2.75) is 31.7 Å². The molecule has 5 heterocycles. The number of nitrogens with zero attached hydrogens (tertiary/aromatic N) is 5. The molecule has 0 unspecified atom stereocenters. The lowest BCUT2D eigenvalue weighted by Crippen LogP contribution is -2.46. The van der Waals surface area contributed by atoms with Gasteiger partial charge in [0.05, 0.1) is 23.2 Å². The van der Waals surface area contributed by atoms with Crippen molar-refractivity contribution >= 4 is 34.5 Å². The van der Waals surface area contributed by atoms with Crippen molar-refractivity contribution in [3.8, 4) is 0 Å². The molecule has 0 aliphatic carbocycles. The number of hydrogen-bond acceptors (Lipinski definition) is 7. The molecule has 3 aromatic rings. The number of anilines is 1. The van der Waals surface area contributed by atoms with Gasteiger partial charge in [-0.2, -0.15) is 5.10 Å². The smallest absolute Gasteiger partial charge is 0.235 e. The number of nitrogens with one attached hydrogen (secondary N) is 2. The summed E-state index contributed by atoms with van der Waals surface area (Å²) in [4.78, 5) is 19.9. The Hall–Kier alpha value is -4.17. The van der Waals surface area contributed by atoms with Crippen LogP contribution in [0.4, 0.5) is 5.69 Å². The first kappa shape index (κ1) is 22.1. The monoisotopic (exact) mass is 491 g/mol. The van der Waals surface area contributed by atoms with Crippen LogP contribution >= 0.6 is 0 Å². The van der Waals surface area contributed by atoms with Gasteiger partial charge in [-0.05, 0) is 91.7 Å². The molecule has 186 valence electrons. The normalized spacial score (nSPS) is 20.0. The van der Waals surface area contributed by atoms with Gasteiger partial charge in [0.1, 0.15) is 12.2 Å². The Bertz CT molecular complexity index is 1500. The maximum absolute atomic E-state index is 13.1. The van der Waals surface area contributed by atoms with E-state index in [1.807, 2.05) is 34.7 Å². The Morgan fingerprint density at radius 1 is 1.05 bits per heavy atom. The molecule has 1 amide bonds. The number of fused-ring (bicyclic) bond motifs is 4. The van der Waals surface area contributed by atoms with Crippen LogP contribution < -0.4 is 10.7 Å². The summed E-state index contributed by atoms with van der Waals surface area (Å²) in [5.41, 5.74) is 9.37. The molecule has 8 nitrogen and oxygen atoms in total. The Morgan fingerprint density at radius 2 is 1.95 bits per heavy atom. The fourth-order valence-electron chi connectivity index (χ4n) is 5.94. The van der Waals surface area contributed by atoms with Crippen molar-refractivity contribution in [3.63, 3.8) is 0 Å². The maximum atomic E-state index is 13.1. The second kappa shape index (κ2) is 8.45. The Morgan fingerprint density at radius 3 is 2.81 bits per heavy atom. The average molecular weight is 492 g/mol. The van der Waals surface area contributed by atoms with Gasteiger partial charge in [-0.1, -0.05) is 25.1 Å². The van der Waals surface area contributed by atoms with Crippen LogP contribution in [-0.2, 0) is 16.8 Å². The van der Waals surface area contributed by atoms with Crippen LogP contribution in [0.15, 0.2) is 77.8 Å². The van der Waals surface area contributed by atoms with Crippen LogP contribution in [0.1, 0.15) is 36.5 Å². The van der Waals surface area contributed by atoms with Gasteiger partial charge in [0.15, 0.2) is 0 Å². The standard InChI is InChI=1S/C29H29N7O/c1-2-34-14-11-29(12-15-34)23-17-22(6-8-26(23)32-28(29)37)25-9-10-27-35(31-19-36(27)33-25)18-20-5-7-24-21(16-20)4-3-13-30-24/h3-10,13,16-17,19,33H,2,11-12,14-15,18H2,1H3,(H,32,37). The molecule has 2 aromatic carbocycles. The van der Waals surface area contributed by atoms with E-state index < -0.39 is 5.41 Å². The van der Waals surface area contributed by atoms with Gasteiger partial charge >= 0.3 is 0 Å². The van der Waals surface area contributed by atoms with Gasteiger partial charge < -0.3 is 10.2 Å². The Kier molecular flexibility index (Phi) is 5.04. The zero-order valence-electron chi connectivity index (χ0n) is 20.8. The lowest BCUT2D eigenvalue weighted by Gasteiger charge is -2.37. The molecule has 4 aliphatic rings. The van der Waals surface area contributed by atoms with E-state index in [4.69, 9.17) is 0 Å². The number of carbonyl (C=O) groups excluding carboxylic acids is 1. The number of amides is 1. The minimum absolute atomic E-state index is 0.148. The van der Waals surface area contributed by atoms with E-state index in [9.17, 15) is 4.79 Å². The molecule has 0 saturated carbocycles. The molecule has 7 rings (SSSR count). The zero-order chi connectivity index (χ0) is 25.0. The van der Waals surface area contributed by atoms with Crippen molar-refractivity contribution < 1.29 is 4.79 Å². The zero-order valence-corrected chi connectivity index (χ0v) is 20.8. The number of hydrazone groups is 1. The second-order valence-electron chi connectivity index (χ2n) is 10.1. The number of carbonyl (C=O) groups is 1. The summed E-state index contributed by atoms with van der Waals surface area (Å²) in [6, 6.07) is 16.7. The maximum Gasteiger partial charge on any atom is 0.235 e. The van der Waals surface area contributed by atoms with E-state index in [2.05, 4.69) is 81.2 Å². The van der Waals surface area contributed by atoms with E-state index >= 15 is 0 Å². The predicted molar refractivity (Wildman–Crippen MR) is 145 cm³/mol. The molecule has 1 fully saturated rings. The quantitative estimate of drug-likeness (QED) is 0.575. The van der Waals surface area contributed by atoms with Crippen molar-refractivity contribution in [1.82, 2.24) is 25.3 Å². The summed E-state index contributed by atoms with van der Waals surface area (Å²) < 4.78 is 0. The topological polar surface area (TPSA) is 76.1 Å². The second-order valence-corrected chi connectivity index (χ2v) is 10.1. The molecule has 4 aliphatic heterocycles. The van der Waals surface area contributed by atoms with E-state index in [-0.39, 0.29) is 5.91 Å². The minimum atomic E-state index is -0.422. The molecule has 1 spiro atoms. The van der Waals surface area contributed by atoms with Crippen molar-refractivity contribution in [2.24, 2.45) is 5.10 Å². The summed E-state index contributed by atoms with van der Waals surface area (Å²) in [7, 11) is 0. The van der Waals surface area contributed by atoms with Crippen molar-refractivity contribution in [1.29, 1.82) is 0 Å². The number of aromatic nitrogens is 1. The highest BCUT2D eigenvalue weighted by molar-refractivity contribution is 6.06. The number of hydrazine groups is 1. The van der Waals surface area contributed by atoms with Crippen molar-refractivity contribution in [2.75, 3.05) is 25.0 Å².